The van der Waals surface area contributed by atoms with Crippen molar-refractivity contribution in [2.24, 2.45) is 0 Å². The minimum atomic E-state index is 0.833. The molecule has 0 aromatic heterocycles. The highest BCUT2D eigenvalue weighted by Crippen LogP contribution is 2.57. The second kappa shape index (κ2) is 0.655. The maximum Gasteiger partial charge on any atom is 0.149 e. The van der Waals surface area contributed by atoms with E-state index in [1.807, 2.05) is 0 Å². The fraction of sp³-hybridized carbons (Fsp3) is 1.00. The summed E-state index contributed by atoms with van der Waals surface area (Å²) >= 11 is 0. The average molecular weight is 98.2 g/mol. The summed E-state index contributed by atoms with van der Waals surface area (Å²) in [7, 11) is 4.65. The maximum absolute atomic E-state index is 2.33. The normalized spacial score (nSPS) is 38.6. The summed E-state index contributed by atoms with van der Waals surface area (Å²) in [6.07, 6.45) is 3.00. The molecule has 1 heteroatoms. The van der Waals surface area contributed by atoms with Crippen LogP contribution in [-0.2, 0) is 0 Å². The Balaban J connectivity index is 2.22. The zero-order valence-corrected chi connectivity index (χ0v) is 5.07. The highest BCUT2D eigenvalue weighted by Gasteiger charge is 2.72. The number of likely N-dealkylation sites (N-methyl/N-ethyl adjacent to an activating group) is 1. The van der Waals surface area contributed by atoms with Crippen LogP contribution in [0.25, 0.3) is 0 Å². The molecule has 0 N–H and O–H groups in total. The molecular formula is C6H12N+. The fourth-order valence-corrected chi connectivity index (χ4v) is 1.61. The van der Waals surface area contributed by atoms with Crippen LogP contribution >= 0.6 is 0 Å². The summed E-state index contributed by atoms with van der Waals surface area (Å²) in [6.45, 7) is 1.45. The summed E-state index contributed by atoms with van der Waals surface area (Å²) in [5, 5.41) is 0. The summed E-state index contributed by atoms with van der Waals surface area (Å²) in [5.41, 5.74) is 0.833. The van der Waals surface area contributed by atoms with Gasteiger partial charge in [-0.25, -0.2) is 0 Å². The van der Waals surface area contributed by atoms with Crippen molar-refractivity contribution in [3.8, 4) is 0 Å². The van der Waals surface area contributed by atoms with E-state index in [1.54, 1.807) is 0 Å². The molecule has 0 unspecified atom stereocenters. The lowest BCUT2D eigenvalue weighted by atomic mass is 10.5. The van der Waals surface area contributed by atoms with Gasteiger partial charge >= 0.3 is 0 Å². The second-order valence-electron chi connectivity index (χ2n) is 3.57. The molecule has 1 aliphatic heterocycles. The minimum absolute atomic E-state index is 0.833. The van der Waals surface area contributed by atoms with Crippen molar-refractivity contribution in [1.82, 2.24) is 0 Å². The number of hydrogen-bond acceptors (Lipinski definition) is 0. The molecular weight excluding hydrogens is 86.1 g/mol. The lowest BCUT2D eigenvalue weighted by molar-refractivity contribution is -0.775. The first kappa shape index (κ1) is 3.90. The van der Waals surface area contributed by atoms with Gasteiger partial charge < -0.3 is 4.48 Å². The lowest BCUT2D eigenvalue weighted by Gasteiger charge is -2.01. The van der Waals surface area contributed by atoms with Crippen molar-refractivity contribution in [2.75, 3.05) is 20.6 Å². The van der Waals surface area contributed by atoms with Gasteiger partial charge in [0.1, 0.15) is 12.1 Å². The number of quaternary nitrogens is 1. The molecule has 0 aromatic carbocycles. The molecule has 1 saturated heterocycles. The Bertz CT molecular complexity index is 109. The predicted octanol–water partition coefficient (Wildman–Crippen LogP) is 0.609. The summed E-state index contributed by atoms with van der Waals surface area (Å²) in [4.78, 5) is 0. The monoisotopic (exact) mass is 98.1 g/mol. The summed E-state index contributed by atoms with van der Waals surface area (Å²) in [6, 6.07) is 0. The molecule has 7 heavy (non-hydrogen) atoms. The van der Waals surface area contributed by atoms with Crippen molar-refractivity contribution in [3.63, 3.8) is 0 Å². The second-order valence-corrected chi connectivity index (χ2v) is 3.57. The molecule has 0 bridgehead atoms. The molecule has 1 heterocycles. The minimum Gasteiger partial charge on any atom is -0.314 e. The largest absolute Gasteiger partial charge is 0.314 e. The van der Waals surface area contributed by atoms with Gasteiger partial charge in [0.2, 0.25) is 0 Å². The molecule has 1 spiro atoms. The first-order valence-electron chi connectivity index (χ1n) is 2.99. The lowest BCUT2D eigenvalue weighted by Crippen LogP contribution is -2.16. The van der Waals surface area contributed by atoms with Crippen molar-refractivity contribution in [2.45, 2.75) is 18.4 Å². The Morgan fingerprint density at radius 1 is 1.29 bits per heavy atom. The highest BCUT2D eigenvalue weighted by atomic mass is 15.5. The predicted molar refractivity (Wildman–Crippen MR) is 28.9 cm³/mol. The van der Waals surface area contributed by atoms with Crippen molar-refractivity contribution in [3.05, 3.63) is 0 Å². The molecule has 2 aliphatic rings. The molecule has 0 radical (unpaired) electrons. The quantitative estimate of drug-likeness (QED) is 0.307. The molecule has 2 fully saturated rings. The van der Waals surface area contributed by atoms with E-state index >= 15 is 0 Å². The Morgan fingerprint density at radius 3 is 1.71 bits per heavy atom. The number of rotatable bonds is 0. The van der Waals surface area contributed by atoms with E-state index in [1.165, 1.54) is 23.9 Å². The van der Waals surface area contributed by atoms with Gasteiger partial charge in [0.25, 0.3) is 0 Å². The Kier molecular flexibility index (Phi) is 0.365. The van der Waals surface area contributed by atoms with Crippen LogP contribution in [0.15, 0.2) is 0 Å². The van der Waals surface area contributed by atoms with E-state index in [2.05, 4.69) is 14.1 Å². The highest BCUT2D eigenvalue weighted by molar-refractivity contribution is 5.05. The van der Waals surface area contributed by atoms with Gasteiger partial charge in [-0.3, -0.25) is 0 Å². The van der Waals surface area contributed by atoms with Crippen molar-refractivity contribution >= 4 is 0 Å². The van der Waals surface area contributed by atoms with Gasteiger partial charge in [-0.1, -0.05) is 0 Å². The number of nitrogens with zero attached hydrogens (tertiary/aromatic N) is 1. The molecule has 1 aliphatic carbocycles. The van der Waals surface area contributed by atoms with Gasteiger partial charge in [-0.15, -0.1) is 0 Å². The van der Waals surface area contributed by atoms with Crippen LogP contribution in [0.3, 0.4) is 0 Å². The molecule has 1 saturated carbocycles. The van der Waals surface area contributed by atoms with Gasteiger partial charge in [-0.2, -0.15) is 0 Å². The first-order chi connectivity index (χ1) is 3.16. The van der Waals surface area contributed by atoms with E-state index in [9.17, 15) is 0 Å². The van der Waals surface area contributed by atoms with E-state index in [4.69, 9.17) is 0 Å². The van der Waals surface area contributed by atoms with E-state index in [0.29, 0.717) is 0 Å². The third kappa shape index (κ3) is 0.290. The third-order valence-corrected chi connectivity index (χ3v) is 2.70. The van der Waals surface area contributed by atoms with Crippen LogP contribution in [0, 0.1) is 0 Å². The van der Waals surface area contributed by atoms with Gasteiger partial charge in [0.15, 0.2) is 0 Å². The Morgan fingerprint density at radius 2 is 1.71 bits per heavy atom. The molecule has 2 rings (SSSR count). The van der Waals surface area contributed by atoms with Crippen LogP contribution in [0.1, 0.15) is 12.8 Å². The van der Waals surface area contributed by atoms with Crippen LogP contribution < -0.4 is 0 Å². The zero-order chi connectivity index (χ0) is 5.12. The Hall–Kier alpha value is -0.0400. The molecule has 0 atom stereocenters. The molecule has 1 nitrogen and oxygen atoms in total. The topological polar surface area (TPSA) is 0 Å². The van der Waals surface area contributed by atoms with Crippen LogP contribution in [0.5, 0.6) is 0 Å². The van der Waals surface area contributed by atoms with Crippen molar-refractivity contribution in [1.29, 1.82) is 0 Å². The fourth-order valence-electron chi connectivity index (χ4n) is 1.61. The molecule has 0 aromatic rings. The van der Waals surface area contributed by atoms with E-state index in [-0.39, 0.29) is 0 Å². The molecule has 40 valence electrons. The third-order valence-electron chi connectivity index (χ3n) is 2.70. The molecule has 0 amide bonds. The smallest absolute Gasteiger partial charge is 0.149 e. The van der Waals surface area contributed by atoms with Gasteiger partial charge in [0.05, 0.1) is 14.1 Å². The maximum atomic E-state index is 2.33. The zero-order valence-electron chi connectivity index (χ0n) is 5.07. The summed E-state index contributed by atoms with van der Waals surface area (Å²) in [5.74, 6) is 0. The van der Waals surface area contributed by atoms with Crippen LogP contribution in [-0.4, -0.2) is 30.7 Å². The van der Waals surface area contributed by atoms with E-state index in [0.717, 1.165) is 5.54 Å². The standard InChI is InChI=1S/C6H12N/c1-7(2)5-6(7)3-4-6/h3-5H2,1-2H3/q+1. The van der Waals surface area contributed by atoms with Gasteiger partial charge in [-0.05, 0) is 0 Å². The van der Waals surface area contributed by atoms with Crippen molar-refractivity contribution < 1.29 is 4.48 Å². The van der Waals surface area contributed by atoms with E-state index < -0.39 is 0 Å². The first-order valence-corrected chi connectivity index (χ1v) is 2.99. The Labute approximate surface area is 44.5 Å². The van der Waals surface area contributed by atoms with Crippen LogP contribution in [0.2, 0.25) is 0 Å². The van der Waals surface area contributed by atoms with Gasteiger partial charge in [0, 0.05) is 12.8 Å². The summed E-state index contributed by atoms with van der Waals surface area (Å²) < 4.78 is 1.31. The SMILES string of the molecule is C[N+]1(C)CC12CC2. The average Bonchev–Trinajstić information content (AvgIpc) is 2.22. The van der Waals surface area contributed by atoms with Crippen LogP contribution in [0.4, 0.5) is 0 Å². The number of hydrogen-bond donors (Lipinski definition) is 0.